The van der Waals surface area contributed by atoms with E-state index in [4.69, 9.17) is 0 Å². The fraction of sp³-hybridized carbons (Fsp3) is 0.423. The first-order valence-electron chi connectivity index (χ1n) is 10.6. The Morgan fingerprint density at radius 3 is 2.46 bits per heavy atom. The number of benzene rings is 2. The summed E-state index contributed by atoms with van der Waals surface area (Å²) in [6.45, 7) is 13.7. The Morgan fingerprint density at radius 1 is 1.04 bits per heavy atom. The van der Waals surface area contributed by atoms with Gasteiger partial charge in [0, 0.05) is 30.9 Å². The van der Waals surface area contributed by atoms with Crippen molar-refractivity contribution >= 4 is 10.8 Å². The first-order valence-corrected chi connectivity index (χ1v) is 10.6. The molecule has 1 aliphatic carbocycles. The molecule has 3 aromatic rings. The normalized spacial score (nSPS) is 27.3. The van der Waals surface area contributed by atoms with Crippen LogP contribution in [0.4, 0.5) is 4.39 Å². The Hall–Kier alpha value is -2.22. The van der Waals surface area contributed by atoms with Crippen LogP contribution in [0.5, 0.6) is 0 Å². The van der Waals surface area contributed by atoms with E-state index in [9.17, 15) is 0 Å². The summed E-state index contributed by atoms with van der Waals surface area (Å²) in [7, 11) is 0. The van der Waals surface area contributed by atoms with Gasteiger partial charge in [0.2, 0.25) is 5.69 Å². The fourth-order valence-corrected chi connectivity index (χ4v) is 6.16. The van der Waals surface area contributed by atoms with E-state index >= 15 is 4.39 Å². The van der Waals surface area contributed by atoms with Crippen LogP contribution in [0.3, 0.4) is 0 Å². The van der Waals surface area contributed by atoms with E-state index in [1.807, 2.05) is 0 Å². The van der Waals surface area contributed by atoms with Crippen LogP contribution >= 0.6 is 0 Å². The molecule has 1 aromatic heterocycles. The van der Waals surface area contributed by atoms with Gasteiger partial charge in [0.15, 0.2) is 11.7 Å². The second kappa shape index (κ2) is 5.43. The molecule has 5 rings (SSSR count). The largest absolute Gasteiger partial charge is 0.221 e. The van der Waals surface area contributed by atoms with Gasteiger partial charge in [-0.15, -0.1) is 0 Å². The lowest BCUT2D eigenvalue weighted by Crippen LogP contribution is -2.67. The molecule has 2 aromatic carbocycles. The Bertz CT molecular complexity index is 1160. The van der Waals surface area contributed by atoms with Crippen molar-refractivity contribution in [1.82, 2.24) is 0 Å². The van der Waals surface area contributed by atoms with Crippen molar-refractivity contribution in [2.45, 2.75) is 71.3 Å². The highest BCUT2D eigenvalue weighted by Crippen LogP contribution is 2.56. The number of rotatable bonds is 2. The maximum atomic E-state index is 15.2. The Labute approximate surface area is 167 Å². The summed E-state index contributed by atoms with van der Waals surface area (Å²) in [6.07, 6.45) is 4.32. The lowest BCUT2D eigenvalue weighted by molar-refractivity contribution is -0.764. The molecule has 1 nitrogen and oxygen atoms in total. The van der Waals surface area contributed by atoms with E-state index in [2.05, 4.69) is 76.6 Å². The third-order valence-electron chi connectivity index (χ3n) is 8.40. The minimum absolute atomic E-state index is 0.0497. The second-order valence-corrected chi connectivity index (χ2v) is 9.21. The van der Waals surface area contributed by atoms with Crippen molar-refractivity contribution in [1.29, 1.82) is 0 Å². The summed E-state index contributed by atoms with van der Waals surface area (Å²) in [5.41, 5.74) is 7.03. The van der Waals surface area contributed by atoms with Crippen molar-refractivity contribution in [2.75, 3.05) is 0 Å². The van der Waals surface area contributed by atoms with E-state index in [0.29, 0.717) is 0 Å². The topological polar surface area (TPSA) is 3.88 Å². The molecule has 3 unspecified atom stereocenters. The van der Waals surface area contributed by atoms with E-state index in [0.717, 1.165) is 24.0 Å². The fourth-order valence-electron chi connectivity index (χ4n) is 6.16. The predicted octanol–water partition coefficient (Wildman–Crippen LogP) is 6.51. The van der Waals surface area contributed by atoms with Crippen LogP contribution in [-0.4, -0.2) is 0 Å². The second-order valence-electron chi connectivity index (χ2n) is 9.21. The minimum atomic E-state index is -0.0698. The van der Waals surface area contributed by atoms with Gasteiger partial charge in [0.1, 0.15) is 5.82 Å². The third kappa shape index (κ3) is 1.76. The minimum Gasteiger partial charge on any atom is -0.207 e. The van der Waals surface area contributed by atoms with Crippen LogP contribution in [0.1, 0.15) is 75.6 Å². The zero-order valence-electron chi connectivity index (χ0n) is 17.8. The van der Waals surface area contributed by atoms with E-state index < -0.39 is 0 Å². The molecule has 2 aliphatic rings. The van der Waals surface area contributed by atoms with Crippen molar-refractivity contribution in [3.63, 3.8) is 0 Å². The summed E-state index contributed by atoms with van der Waals surface area (Å²) in [5, 5.41) is 2.63. The molecule has 0 amide bonds. The molecule has 144 valence electrons. The third-order valence-corrected chi connectivity index (χ3v) is 8.40. The molecule has 0 fully saturated rings. The molecular formula is C26H29FN+. The van der Waals surface area contributed by atoms with Gasteiger partial charge in [-0.05, 0) is 48.4 Å². The lowest BCUT2D eigenvalue weighted by atomic mass is 9.58. The van der Waals surface area contributed by atoms with Gasteiger partial charge in [0.05, 0.1) is 16.4 Å². The number of aromatic nitrogens is 1. The zero-order chi connectivity index (χ0) is 20.0. The number of nitrogens with zero attached hydrogens (tertiary/aromatic N) is 1. The highest BCUT2D eigenvalue weighted by Gasteiger charge is 2.58. The monoisotopic (exact) mass is 374 g/mol. The predicted molar refractivity (Wildman–Crippen MR) is 113 cm³/mol. The maximum absolute atomic E-state index is 15.2. The maximum Gasteiger partial charge on any atom is 0.221 e. The van der Waals surface area contributed by atoms with E-state index in [1.165, 1.54) is 33.2 Å². The van der Waals surface area contributed by atoms with Crippen molar-refractivity contribution in [3.05, 3.63) is 64.6 Å². The SMILES string of the molecule is CCC1(C)c2ccc(F)c3c2-c2c4c(ccc(C)c4cc[n+]2C1(C)CC)C3C. The molecule has 2 heteroatoms. The van der Waals surface area contributed by atoms with Gasteiger partial charge in [0.25, 0.3) is 0 Å². The summed E-state index contributed by atoms with van der Waals surface area (Å²) < 4.78 is 17.7. The van der Waals surface area contributed by atoms with Crippen LogP contribution in [0, 0.1) is 12.7 Å². The van der Waals surface area contributed by atoms with Crippen LogP contribution in [0.15, 0.2) is 36.5 Å². The summed E-state index contributed by atoms with van der Waals surface area (Å²) in [6, 6.07) is 10.5. The van der Waals surface area contributed by atoms with Crippen molar-refractivity contribution < 1.29 is 8.96 Å². The van der Waals surface area contributed by atoms with Gasteiger partial charge in [-0.2, -0.15) is 4.57 Å². The molecule has 0 radical (unpaired) electrons. The van der Waals surface area contributed by atoms with Gasteiger partial charge in [-0.25, -0.2) is 4.39 Å². The van der Waals surface area contributed by atoms with Crippen molar-refractivity contribution in [3.8, 4) is 11.3 Å². The number of pyridine rings is 1. The lowest BCUT2D eigenvalue weighted by Gasteiger charge is -2.48. The van der Waals surface area contributed by atoms with Gasteiger partial charge >= 0.3 is 0 Å². The highest BCUT2D eigenvalue weighted by molar-refractivity contribution is 6.02. The average molecular weight is 375 g/mol. The molecule has 0 saturated carbocycles. The molecule has 0 bridgehead atoms. The zero-order valence-corrected chi connectivity index (χ0v) is 17.8. The van der Waals surface area contributed by atoms with Crippen LogP contribution in [-0.2, 0) is 11.0 Å². The molecule has 1 aliphatic heterocycles. The Morgan fingerprint density at radius 2 is 1.79 bits per heavy atom. The van der Waals surface area contributed by atoms with Gasteiger partial charge in [-0.1, -0.05) is 39.0 Å². The number of hydrogen-bond acceptors (Lipinski definition) is 0. The molecular weight excluding hydrogens is 345 g/mol. The number of hydrogen-bond donors (Lipinski definition) is 0. The summed E-state index contributed by atoms with van der Waals surface area (Å²) >= 11 is 0. The number of halogens is 1. The molecule has 2 heterocycles. The van der Waals surface area contributed by atoms with Gasteiger partial charge in [-0.3, -0.25) is 0 Å². The van der Waals surface area contributed by atoms with E-state index in [1.54, 1.807) is 6.07 Å². The first-order chi connectivity index (χ1) is 13.3. The van der Waals surface area contributed by atoms with Crippen LogP contribution < -0.4 is 4.57 Å². The molecule has 0 N–H and O–H groups in total. The van der Waals surface area contributed by atoms with Crippen LogP contribution in [0.2, 0.25) is 0 Å². The molecule has 28 heavy (non-hydrogen) atoms. The standard InChI is InChI=1S/C26H29FN/c1-7-25(5)19-11-12-20(27)21-16(4)18-10-9-15(3)17-13-14-28(26(25,6)8-2)24(22(17)18)23(19)21/h9-14,16H,7-8H2,1-6H3/q+1. The Kier molecular flexibility index (Phi) is 3.46. The smallest absolute Gasteiger partial charge is 0.207 e. The van der Waals surface area contributed by atoms with Crippen LogP contribution in [0.25, 0.3) is 22.0 Å². The van der Waals surface area contributed by atoms with Crippen molar-refractivity contribution in [2.24, 2.45) is 0 Å². The summed E-state index contributed by atoms with van der Waals surface area (Å²) in [5.74, 6) is -0.00642. The highest BCUT2D eigenvalue weighted by atomic mass is 19.1. The first kappa shape index (κ1) is 17.8. The van der Waals surface area contributed by atoms with Gasteiger partial charge < -0.3 is 0 Å². The Balaban J connectivity index is 2.10. The van der Waals surface area contributed by atoms with E-state index in [-0.39, 0.29) is 22.7 Å². The molecule has 0 spiro atoms. The molecule has 0 saturated heterocycles. The number of aryl methyl sites for hydroxylation is 1. The molecule has 3 atom stereocenters. The summed E-state index contributed by atoms with van der Waals surface area (Å²) in [4.78, 5) is 0. The average Bonchev–Trinajstić information content (AvgIpc) is 2.70. The quantitative estimate of drug-likeness (QED) is 0.450.